The van der Waals surface area contributed by atoms with E-state index in [1.54, 1.807) is 29.0 Å². The molecule has 5 heteroatoms. The Labute approximate surface area is 96.3 Å². The van der Waals surface area contributed by atoms with Gasteiger partial charge in [0.15, 0.2) is 5.82 Å². The average Bonchev–Trinajstić information content (AvgIpc) is 2.72. The van der Waals surface area contributed by atoms with E-state index in [1.807, 2.05) is 6.92 Å². The van der Waals surface area contributed by atoms with Crippen LogP contribution in [0.2, 0.25) is 0 Å². The van der Waals surface area contributed by atoms with Crippen LogP contribution in [0.4, 0.5) is 4.39 Å². The van der Waals surface area contributed by atoms with Crippen LogP contribution >= 0.6 is 0 Å². The number of benzene rings is 1. The molecule has 0 radical (unpaired) electrons. The van der Waals surface area contributed by atoms with Crippen molar-refractivity contribution in [3.05, 3.63) is 41.5 Å². The minimum atomic E-state index is -0.486. The van der Waals surface area contributed by atoms with Crippen LogP contribution < -0.4 is 0 Å². The van der Waals surface area contributed by atoms with Crippen LogP contribution in [0.25, 0.3) is 16.6 Å². The van der Waals surface area contributed by atoms with Crippen molar-refractivity contribution in [2.24, 2.45) is 0 Å². The topological polar surface area (TPSA) is 50.4 Å². The number of rotatable bonds is 1. The summed E-state index contributed by atoms with van der Waals surface area (Å²) >= 11 is 0. The van der Waals surface area contributed by atoms with Crippen molar-refractivity contribution in [1.82, 2.24) is 14.6 Å². The molecule has 4 nitrogen and oxygen atoms in total. The van der Waals surface area contributed by atoms with Crippen LogP contribution in [0, 0.1) is 12.7 Å². The molecule has 1 N–H and O–H groups in total. The monoisotopic (exact) mass is 231 g/mol. The number of halogens is 1. The minimum absolute atomic E-state index is 0.229. The standard InChI is InChI=1S/C12H10FN3O/c1-7-4-15-16-9-3-2-8(6-17)11(13)12(9)14-5-10(7)16/h2-5,17H,6H2,1H3. The summed E-state index contributed by atoms with van der Waals surface area (Å²) in [5.41, 5.74) is 2.92. The van der Waals surface area contributed by atoms with E-state index in [0.717, 1.165) is 11.1 Å². The normalized spacial score (nSPS) is 11.5. The molecule has 2 aromatic heterocycles. The molecule has 1 aromatic carbocycles. The highest BCUT2D eigenvalue weighted by atomic mass is 19.1. The molecule has 0 atom stereocenters. The van der Waals surface area contributed by atoms with E-state index in [9.17, 15) is 4.39 Å². The molecule has 2 heterocycles. The number of hydrogen-bond donors (Lipinski definition) is 1. The molecule has 0 saturated carbocycles. The molecular weight excluding hydrogens is 221 g/mol. The van der Waals surface area contributed by atoms with E-state index in [2.05, 4.69) is 10.1 Å². The number of aliphatic hydroxyl groups is 1. The number of fused-ring (bicyclic) bond motifs is 3. The molecule has 0 saturated heterocycles. The maximum atomic E-state index is 13.9. The van der Waals surface area contributed by atoms with Crippen molar-refractivity contribution in [3.63, 3.8) is 0 Å². The third-order valence-corrected chi connectivity index (χ3v) is 2.89. The first kappa shape index (κ1) is 10.2. The summed E-state index contributed by atoms with van der Waals surface area (Å²) in [6.07, 6.45) is 3.31. The lowest BCUT2D eigenvalue weighted by atomic mass is 10.2. The Morgan fingerprint density at radius 3 is 2.88 bits per heavy atom. The minimum Gasteiger partial charge on any atom is -0.392 e. The first-order valence-electron chi connectivity index (χ1n) is 5.23. The highest BCUT2D eigenvalue weighted by Crippen LogP contribution is 2.21. The van der Waals surface area contributed by atoms with Gasteiger partial charge >= 0.3 is 0 Å². The molecule has 0 spiro atoms. The Bertz CT molecular complexity index is 720. The first-order valence-corrected chi connectivity index (χ1v) is 5.23. The smallest absolute Gasteiger partial charge is 0.156 e. The zero-order valence-electron chi connectivity index (χ0n) is 9.18. The molecule has 0 unspecified atom stereocenters. The summed E-state index contributed by atoms with van der Waals surface area (Å²) in [6, 6.07) is 3.27. The van der Waals surface area contributed by atoms with Crippen molar-refractivity contribution >= 4 is 16.6 Å². The molecule has 3 rings (SSSR count). The Hall–Kier alpha value is -2.01. The number of nitrogens with zero attached hydrogens (tertiary/aromatic N) is 3. The van der Waals surface area contributed by atoms with Crippen molar-refractivity contribution in [2.75, 3.05) is 0 Å². The zero-order valence-corrected chi connectivity index (χ0v) is 9.18. The van der Waals surface area contributed by atoms with E-state index >= 15 is 0 Å². The zero-order chi connectivity index (χ0) is 12.0. The van der Waals surface area contributed by atoms with Gasteiger partial charge in [-0.05, 0) is 18.6 Å². The Balaban J connectivity index is 2.48. The van der Waals surface area contributed by atoms with Crippen molar-refractivity contribution < 1.29 is 9.50 Å². The van der Waals surface area contributed by atoms with Gasteiger partial charge < -0.3 is 5.11 Å². The lowest BCUT2D eigenvalue weighted by Gasteiger charge is -2.05. The number of aromatic nitrogens is 3. The summed E-state index contributed by atoms with van der Waals surface area (Å²) in [6.45, 7) is 1.59. The van der Waals surface area contributed by atoms with Crippen molar-refractivity contribution in [1.29, 1.82) is 0 Å². The lowest BCUT2D eigenvalue weighted by Crippen LogP contribution is -1.98. The van der Waals surface area contributed by atoms with Gasteiger partial charge in [0.2, 0.25) is 0 Å². The SMILES string of the molecule is Cc1cnn2c1cnc1c(F)c(CO)ccc12. The third-order valence-electron chi connectivity index (χ3n) is 2.89. The van der Waals surface area contributed by atoms with Crippen molar-refractivity contribution in [2.45, 2.75) is 13.5 Å². The van der Waals surface area contributed by atoms with Crippen LogP contribution in [0.3, 0.4) is 0 Å². The van der Waals surface area contributed by atoms with Gasteiger partial charge in [-0.25, -0.2) is 13.9 Å². The fourth-order valence-electron chi connectivity index (χ4n) is 1.93. The van der Waals surface area contributed by atoms with E-state index in [0.29, 0.717) is 5.52 Å². The molecule has 86 valence electrons. The quantitative estimate of drug-likeness (QED) is 0.695. The summed E-state index contributed by atoms with van der Waals surface area (Å²) in [4.78, 5) is 4.10. The summed E-state index contributed by atoms with van der Waals surface area (Å²) in [7, 11) is 0. The molecule has 0 amide bonds. The molecule has 0 aliphatic rings. The maximum Gasteiger partial charge on any atom is 0.156 e. The second-order valence-electron chi connectivity index (χ2n) is 3.95. The van der Waals surface area contributed by atoms with Crippen LogP contribution in [0.1, 0.15) is 11.1 Å². The van der Waals surface area contributed by atoms with Crippen LogP contribution in [0.5, 0.6) is 0 Å². The van der Waals surface area contributed by atoms with Gasteiger partial charge in [0, 0.05) is 5.56 Å². The molecule has 0 fully saturated rings. The van der Waals surface area contributed by atoms with Crippen LogP contribution in [-0.2, 0) is 6.61 Å². The Morgan fingerprint density at radius 1 is 1.29 bits per heavy atom. The molecule has 3 aromatic rings. The van der Waals surface area contributed by atoms with Gasteiger partial charge in [-0.1, -0.05) is 6.07 Å². The lowest BCUT2D eigenvalue weighted by molar-refractivity contribution is 0.276. The van der Waals surface area contributed by atoms with E-state index in [-0.39, 0.29) is 17.7 Å². The second-order valence-corrected chi connectivity index (χ2v) is 3.95. The summed E-state index contributed by atoms with van der Waals surface area (Å²) < 4.78 is 15.6. The van der Waals surface area contributed by atoms with Gasteiger partial charge in [0.25, 0.3) is 0 Å². The third kappa shape index (κ3) is 1.32. The van der Waals surface area contributed by atoms with E-state index in [4.69, 9.17) is 5.11 Å². The van der Waals surface area contributed by atoms with Gasteiger partial charge in [-0.15, -0.1) is 0 Å². The van der Waals surface area contributed by atoms with Gasteiger partial charge in [-0.3, -0.25) is 0 Å². The number of aliphatic hydroxyl groups excluding tert-OH is 1. The Kier molecular flexibility index (Phi) is 2.09. The largest absolute Gasteiger partial charge is 0.392 e. The summed E-state index contributed by atoms with van der Waals surface area (Å²) in [5.74, 6) is -0.486. The number of hydrogen-bond acceptors (Lipinski definition) is 3. The van der Waals surface area contributed by atoms with E-state index in [1.165, 1.54) is 0 Å². The molecule has 0 aliphatic carbocycles. The van der Waals surface area contributed by atoms with E-state index < -0.39 is 5.82 Å². The highest BCUT2D eigenvalue weighted by Gasteiger charge is 2.11. The first-order chi connectivity index (χ1) is 8.22. The average molecular weight is 231 g/mol. The van der Waals surface area contributed by atoms with Gasteiger partial charge in [-0.2, -0.15) is 5.10 Å². The second kappa shape index (κ2) is 3.49. The predicted octanol–water partition coefficient (Wildman–Crippen LogP) is 1.82. The van der Waals surface area contributed by atoms with Gasteiger partial charge in [0.05, 0.1) is 30.0 Å². The van der Waals surface area contributed by atoms with Gasteiger partial charge in [0.1, 0.15) is 5.52 Å². The maximum absolute atomic E-state index is 13.9. The number of aryl methyl sites for hydroxylation is 1. The fourth-order valence-corrected chi connectivity index (χ4v) is 1.93. The predicted molar refractivity (Wildman–Crippen MR) is 61.1 cm³/mol. The molecule has 0 bridgehead atoms. The van der Waals surface area contributed by atoms with Crippen molar-refractivity contribution in [3.8, 4) is 0 Å². The fraction of sp³-hybridized carbons (Fsp3) is 0.167. The Morgan fingerprint density at radius 2 is 2.12 bits per heavy atom. The molecule has 17 heavy (non-hydrogen) atoms. The highest BCUT2D eigenvalue weighted by molar-refractivity contribution is 5.79. The summed E-state index contributed by atoms with van der Waals surface area (Å²) in [5, 5.41) is 13.2. The van der Waals surface area contributed by atoms with Crippen LogP contribution in [-0.4, -0.2) is 19.7 Å². The molecule has 0 aliphatic heterocycles. The van der Waals surface area contributed by atoms with Crippen LogP contribution in [0.15, 0.2) is 24.5 Å². The molecular formula is C12H10FN3O.